The average molecular weight is 385 g/mol. The van der Waals surface area contributed by atoms with Crippen molar-refractivity contribution in [3.8, 4) is 5.75 Å². The summed E-state index contributed by atoms with van der Waals surface area (Å²) in [6.45, 7) is 1.76. The summed E-state index contributed by atoms with van der Waals surface area (Å²) in [5, 5.41) is 1.18. The average Bonchev–Trinajstić information content (AvgIpc) is 2.66. The fourth-order valence-electron chi connectivity index (χ4n) is 2.54. The van der Waals surface area contributed by atoms with Gasteiger partial charge in [0.05, 0.1) is 7.11 Å². The predicted molar refractivity (Wildman–Crippen MR) is 104 cm³/mol. The number of hydrogen-bond donors (Lipinski definition) is 0. The first-order chi connectivity index (χ1) is 13.0. The van der Waals surface area contributed by atoms with Gasteiger partial charge in [-0.05, 0) is 48.4 Å². The molecule has 0 unspecified atom stereocenters. The van der Waals surface area contributed by atoms with Crippen LogP contribution >= 0.6 is 11.6 Å². The number of carbonyl (C=O) groups is 1. The van der Waals surface area contributed by atoms with E-state index < -0.39 is 11.6 Å². The van der Waals surface area contributed by atoms with Crippen LogP contribution in [-0.2, 0) is 16.1 Å². The first kappa shape index (κ1) is 18.7. The number of ether oxygens (including phenoxy) is 2. The van der Waals surface area contributed by atoms with E-state index >= 15 is 0 Å². The number of rotatable bonds is 5. The highest BCUT2D eigenvalue weighted by Crippen LogP contribution is 2.25. The van der Waals surface area contributed by atoms with Gasteiger partial charge in [-0.2, -0.15) is 0 Å². The van der Waals surface area contributed by atoms with Crippen LogP contribution in [0.1, 0.15) is 16.7 Å². The lowest BCUT2D eigenvalue weighted by Crippen LogP contribution is -2.05. The largest absolute Gasteiger partial charge is 0.497 e. The third-order valence-electron chi connectivity index (χ3n) is 4.01. The summed E-state index contributed by atoms with van der Waals surface area (Å²) in [5.41, 5.74) is 2.06. The molecule has 0 amide bonds. The topological polar surface area (TPSA) is 65.7 Å². The van der Waals surface area contributed by atoms with Crippen LogP contribution in [0.5, 0.6) is 5.75 Å². The van der Waals surface area contributed by atoms with Crippen LogP contribution in [0.2, 0.25) is 5.02 Å². The van der Waals surface area contributed by atoms with Crippen molar-refractivity contribution >= 4 is 34.6 Å². The van der Waals surface area contributed by atoms with Crippen molar-refractivity contribution in [3.05, 3.63) is 80.7 Å². The van der Waals surface area contributed by atoms with E-state index in [2.05, 4.69) is 0 Å². The Hall–Kier alpha value is -3.05. The first-order valence-corrected chi connectivity index (χ1v) is 8.56. The smallest absolute Gasteiger partial charge is 0.336 e. The maximum absolute atomic E-state index is 12.0. The third kappa shape index (κ3) is 4.57. The highest BCUT2D eigenvalue weighted by atomic mass is 35.5. The molecule has 0 atom stereocenters. The standard InChI is InChI=1S/C21H17ClO5/c1-13-9-19-17(11-18(13)22)15(10-21(24)27-19)12-26-20(23)8-5-14-3-6-16(25-2)7-4-14/h3-11H,12H2,1-2H3/b8-5+. The molecule has 0 saturated carbocycles. The molecule has 3 aromatic rings. The SMILES string of the molecule is COc1ccc(/C=C/C(=O)OCc2cc(=O)oc3cc(C)c(Cl)cc23)cc1. The second-order valence-corrected chi connectivity index (χ2v) is 6.31. The van der Waals surface area contributed by atoms with Gasteiger partial charge in [-0.15, -0.1) is 0 Å². The van der Waals surface area contributed by atoms with E-state index in [1.807, 2.05) is 19.1 Å². The molecule has 0 saturated heterocycles. The first-order valence-electron chi connectivity index (χ1n) is 8.18. The van der Waals surface area contributed by atoms with E-state index in [-0.39, 0.29) is 6.61 Å². The molecule has 0 aliphatic carbocycles. The molecule has 0 fully saturated rings. The Kier molecular flexibility index (Phi) is 5.62. The van der Waals surface area contributed by atoms with Crippen molar-refractivity contribution in [1.29, 1.82) is 0 Å². The molecule has 6 heteroatoms. The van der Waals surface area contributed by atoms with Crippen molar-refractivity contribution in [3.63, 3.8) is 0 Å². The van der Waals surface area contributed by atoms with Gasteiger partial charge in [0.25, 0.3) is 0 Å². The van der Waals surface area contributed by atoms with Crippen LogP contribution in [0.3, 0.4) is 0 Å². The van der Waals surface area contributed by atoms with Crippen molar-refractivity contribution in [2.24, 2.45) is 0 Å². The number of aryl methyl sites for hydroxylation is 1. The lowest BCUT2D eigenvalue weighted by atomic mass is 10.1. The summed E-state index contributed by atoms with van der Waals surface area (Å²) in [4.78, 5) is 23.7. The normalized spacial score (nSPS) is 11.1. The van der Waals surface area contributed by atoms with Crippen LogP contribution < -0.4 is 10.4 Å². The minimum Gasteiger partial charge on any atom is -0.497 e. The highest BCUT2D eigenvalue weighted by Gasteiger charge is 2.10. The zero-order valence-electron chi connectivity index (χ0n) is 14.8. The number of fused-ring (bicyclic) bond motifs is 1. The molecule has 2 aromatic carbocycles. The molecular formula is C21H17ClO5. The van der Waals surface area contributed by atoms with Gasteiger partial charge in [-0.1, -0.05) is 23.7 Å². The molecule has 0 N–H and O–H groups in total. The van der Waals surface area contributed by atoms with Crippen molar-refractivity contribution in [1.82, 2.24) is 0 Å². The Morgan fingerprint density at radius 3 is 2.63 bits per heavy atom. The Bertz CT molecular complexity index is 1060. The summed E-state index contributed by atoms with van der Waals surface area (Å²) < 4.78 is 15.5. The lowest BCUT2D eigenvalue weighted by molar-refractivity contribution is -0.138. The number of esters is 1. The van der Waals surface area contributed by atoms with E-state index in [1.165, 1.54) is 12.1 Å². The van der Waals surface area contributed by atoms with Gasteiger partial charge >= 0.3 is 11.6 Å². The Balaban J connectivity index is 1.74. The Morgan fingerprint density at radius 2 is 1.93 bits per heavy atom. The fraction of sp³-hybridized carbons (Fsp3) is 0.143. The molecule has 0 aliphatic heterocycles. The summed E-state index contributed by atoms with van der Waals surface area (Å²) >= 11 is 6.15. The van der Waals surface area contributed by atoms with E-state index in [4.69, 9.17) is 25.5 Å². The molecule has 3 rings (SSSR count). The fourth-order valence-corrected chi connectivity index (χ4v) is 2.71. The molecular weight excluding hydrogens is 368 g/mol. The van der Waals surface area contributed by atoms with E-state index in [9.17, 15) is 9.59 Å². The van der Waals surface area contributed by atoms with Crippen LogP contribution in [0.25, 0.3) is 17.0 Å². The van der Waals surface area contributed by atoms with Crippen molar-refractivity contribution in [2.45, 2.75) is 13.5 Å². The lowest BCUT2D eigenvalue weighted by Gasteiger charge is -2.07. The molecule has 138 valence electrons. The quantitative estimate of drug-likeness (QED) is 0.367. The zero-order chi connectivity index (χ0) is 19.4. The Morgan fingerprint density at radius 1 is 1.19 bits per heavy atom. The molecule has 0 spiro atoms. The van der Waals surface area contributed by atoms with Gasteiger partial charge in [-0.25, -0.2) is 9.59 Å². The molecule has 0 bridgehead atoms. The van der Waals surface area contributed by atoms with Gasteiger partial charge in [0, 0.05) is 28.1 Å². The maximum Gasteiger partial charge on any atom is 0.336 e. The Labute approximate surface area is 160 Å². The number of methoxy groups -OCH3 is 1. The highest BCUT2D eigenvalue weighted by molar-refractivity contribution is 6.32. The van der Waals surface area contributed by atoms with E-state index in [0.717, 1.165) is 16.9 Å². The molecule has 1 aromatic heterocycles. The van der Waals surface area contributed by atoms with Crippen molar-refractivity contribution < 1.29 is 18.7 Å². The monoisotopic (exact) mass is 384 g/mol. The third-order valence-corrected chi connectivity index (χ3v) is 4.41. The van der Waals surface area contributed by atoms with Crippen LogP contribution in [0.15, 0.2) is 57.8 Å². The van der Waals surface area contributed by atoms with Gasteiger partial charge in [0.1, 0.15) is 17.9 Å². The van der Waals surface area contributed by atoms with E-state index in [1.54, 1.807) is 37.5 Å². The molecule has 0 radical (unpaired) electrons. The minimum absolute atomic E-state index is 0.0622. The van der Waals surface area contributed by atoms with Gasteiger partial charge in [0.15, 0.2) is 0 Å². The van der Waals surface area contributed by atoms with Crippen LogP contribution in [-0.4, -0.2) is 13.1 Å². The number of hydrogen-bond acceptors (Lipinski definition) is 5. The summed E-state index contributed by atoms with van der Waals surface area (Å²) in [6.07, 6.45) is 2.96. The predicted octanol–water partition coefficient (Wildman–Crippen LogP) is 4.52. The van der Waals surface area contributed by atoms with E-state index in [0.29, 0.717) is 21.6 Å². The van der Waals surface area contributed by atoms with Gasteiger partial charge in [0.2, 0.25) is 0 Å². The van der Waals surface area contributed by atoms with Gasteiger partial charge in [-0.3, -0.25) is 0 Å². The zero-order valence-corrected chi connectivity index (χ0v) is 15.6. The number of carbonyl (C=O) groups excluding carboxylic acids is 1. The van der Waals surface area contributed by atoms with Crippen molar-refractivity contribution in [2.75, 3.05) is 7.11 Å². The summed E-state index contributed by atoms with van der Waals surface area (Å²) in [7, 11) is 1.59. The second-order valence-electron chi connectivity index (χ2n) is 5.90. The molecule has 27 heavy (non-hydrogen) atoms. The summed E-state index contributed by atoms with van der Waals surface area (Å²) in [6, 6.07) is 11.9. The summed E-state index contributed by atoms with van der Waals surface area (Å²) in [5.74, 6) is 0.212. The van der Waals surface area contributed by atoms with Crippen LogP contribution in [0.4, 0.5) is 0 Å². The van der Waals surface area contributed by atoms with Crippen LogP contribution in [0, 0.1) is 6.92 Å². The minimum atomic E-state index is -0.523. The maximum atomic E-state index is 12.0. The van der Waals surface area contributed by atoms with Gasteiger partial charge < -0.3 is 13.9 Å². The number of benzene rings is 2. The number of halogens is 1. The molecule has 1 heterocycles. The molecule has 5 nitrogen and oxygen atoms in total. The second kappa shape index (κ2) is 8.10. The molecule has 0 aliphatic rings.